The first-order chi connectivity index (χ1) is 14.5. The number of nitrogens with zero attached hydrogens (tertiary/aromatic N) is 1. The van der Waals surface area contributed by atoms with Gasteiger partial charge in [-0.1, -0.05) is 30.3 Å². The second kappa shape index (κ2) is 8.91. The first-order valence-corrected chi connectivity index (χ1v) is 10.3. The second-order valence-corrected chi connectivity index (χ2v) is 7.83. The molecule has 0 N–H and O–H groups in total. The zero-order valence-electron chi connectivity index (χ0n) is 17.0. The Morgan fingerprint density at radius 2 is 1.67 bits per heavy atom. The highest BCUT2D eigenvalue weighted by atomic mass is 31.0. The Hall–Kier alpha value is -2.81. The molecule has 1 heterocycles. The summed E-state index contributed by atoms with van der Waals surface area (Å²) in [5.74, 6) is 0.456. The molecule has 1 atom stereocenters. The molecule has 0 aliphatic heterocycles. The van der Waals surface area contributed by atoms with Gasteiger partial charge in [-0.2, -0.15) is 0 Å². The lowest BCUT2D eigenvalue weighted by atomic mass is 10.0. The largest absolute Gasteiger partial charge is 0.491 e. The zero-order valence-corrected chi connectivity index (χ0v) is 18.1. The summed E-state index contributed by atoms with van der Waals surface area (Å²) >= 11 is 0. The van der Waals surface area contributed by atoms with Gasteiger partial charge in [0.1, 0.15) is 18.2 Å². The van der Waals surface area contributed by atoms with Crippen molar-refractivity contribution >= 4 is 25.4 Å². The zero-order chi connectivity index (χ0) is 21.1. The van der Waals surface area contributed by atoms with E-state index in [2.05, 4.69) is 22.2 Å². The number of aryl methyl sites for hydroxylation is 1. The molecule has 5 heteroatoms. The molecule has 1 unspecified atom stereocenters. The van der Waals surface area contributed by atoms with Crippen LogP contribution in [-0.4, -0.2) is 25.3 Å². The van der Waals surface area contributed by atoms with Crippen LogP contribution in [0.3, 0.4) is 0 Å². The van der Waals surface area contributed by atoms with Crippen LogP contribution in [0.1, 0.15) is 5.56 Å². The smallest absolute Gasteiger partial charge is 0.131 e. The van der Waals surface area contributed by atoms with E-state index in [9.17, 15) is 4.39 Å². The predicted octanol–water partition coefficient (Wildman–Crippen LogP) is 5.54. The number of benzene rings is 3. The highest BCUT2D eigenvalue weighted by Gasteiger charge is 2.10. The molecule has 4 aromatic rings. The van der Waals surface area contributed by atoms with E-state index in [0.717, 1.165) is 44.3 Å². The highest BCUT2D eigenvalue weighted by Crippen LogP contribution is 2.30. The van der Waals surface area contributed by atoms with Crippen LogP contribution in [0.2, 0.25) is 0 Å². The van der Waals surface area contributed by atoms with Crippen molar-refractivity contribution in [2.24, 2.45) is 0 Å². The van der Waals surface area contributed by atoms with Gasteiger partial charge in [-0.05, 0) is 59.8 Å². The van der Waals surface area contributed by atoms with E-state index in [0.29, 0.717) is 18.8 Å². The minimum atomic E-state index is -0.277. The maximum absolute atomic E-state index is 15.0. The van der Waals surface area contributed by atoms with Crippen molar-refractivity contribution < 1.29 is 13.9 Å². The quantitative estimate of drug-likeness (QED) is 0.304. The first-order valence-electron chi connectivity index (χ1n) is 9.74. The van der Waals surface area contributed by atoms with Crippen LogP contribution in [0.15, 0.2) is 66.7 Å². The maximum Gasteiger partial charge on any atom is 0.131 e. The Bertz CT molecular complexity index is 1190. The minimum Gasteiger partial charge on any atom is -0.491 e. The predicted molar refractivity (Wildman–Crippen MR) is 124 cm³/mol. The van der Waals surface area contributed by atoms with E-state index < -0.39 is 0 Å². The molecule has 0 aliphatic rings. The van der Waals surface area contributed by atoms with Crippen molar-refractivity contribution in [1.29, 1.82) is 0 Å². The summed E-state index contributed by atoms with van der Waals surface area (Å²) in [5, 5.41) is 2.22. The van der Waals surface area contributed by atoms with Gasteiger partial charge in [-0.3, -0.25) is 0 Å². The minimum absolute atomic E-state index is 0.277. The van der Waals surface area contributed by atoms with Gasteiger partial charge >= 0.3 is 0 Å². The average molecular weight is 419 g/mol. The molecule has 3 aromatic carbocycles. The molecule has 0 aliphatic carbocycles. The number of ether oxygens (including phenoxy) is 2. The number of halogens is 1. The first kappa shape index (κ1) is 20.5. The fourth-order valence-electron chi connectivity index (χ4n) is 3.44. The summed E-state index contributed by atoms with van der Waals surface area (Å²) < 4.78 is 25.5. The number of pyridine rings is 1. The van der Waals surface area contributed by atoms with Gasteiger partial charge in [0.15, 0.2) is 0 Å². The number of hydrogen-bond acceptors (Lipinski definition) is 3. The molecule has 0 saturated heterocycles. The van der Waals surface area contributed by atoms with Gasteiger partial charge < -0.3 is 9.47 Å². The Labute approximate surface area is 178 Å². The number of rotatable bonds is 6. The molecule has 4 rings (SSSR count). The van der Waals surface area contributed by atoms with Crippen LogP contribution < -0.4 is 10.0 Å². The number of hydrogen-bond donors (Lipinski definition) is 0. The summed E-state index contributed by atoms with van der Waals surface area (Å²) in [6.45, 7) is 3.06. The van der Waals surface area contributed by atoms with Crippen LogP contribution in [0.4, 0.5) is 4.39 Å². The van der Waals surface area contributed by atoms with Crippen LogP contribution in [0.25, 0.3) is 33.3 Å². The van der Waals surface area contributed by atoms with E-state index in [1.54, 1.807) is 19.2 Å². The van der Waals surface area contributed by atoms with E-state index in [4.69, 9.17) is 14.5 Å². The third kappa shape index (κ3) is 4.35. The Morgan fingerprint density at radius 3 is 2.40 bits per heavy atom. The second-order valence-electron chi connectivity index (χ2n) is 7.16. The van der Waals surface area contributed by atoms with E-state index in [1.165, 1.54) is 0 Å². The topological polar surface area (TPSA) is 31.4 Å². The summed E-state index contributed by atoms with van der Waals surface area (Å²) in [6, 6.07) is 20.8. The van der Waals surface area contributed by atoms with Crippen molar-refractivity contribution in [2.75, 3.05) is 20.3 Å². The molecular weight excluding hydrogens is 396 g/mol. The van der Waals surface area contributed by atoms with E-state index in [-0.39, 0.29) is 5.82 Å². The summed E-state index contributed by atoms with van der Waals surface area (Å²) in [5.41, 5.74) is 4.90. The lowest BCUT2D eigenvalue weighted by Crippen LogP contribution is -2.03. The van der Waals surface area contributed by atoms with Crippen molar-refractivity contribution in [3.63, 3.8) is 0 Å². The lowest BCUT2D eigenvalue weighted by Gasteiger charge is -2.10. The average Bonchev–Trinajstić information content (AvgIpc) is 2.75. The maximum atomic E-state index is 15.0. The number of aromatic nitrogens is 1. The summed E-state index contributed by atoms with van der Waals surface area (Å²) in [6.07, 6.45) is 0. The molecular formula is C25H23FNO2P. The van der Waals surface area contributed by atoms with Crippen LogP contribution in [-0.2, 0) is 4.74 Å². The van der Waals surface area contributed by atoms with Crippen LogP contribution in [0.5, 0.6) is 5.75 Å². The third-order valence-corrected chi connectivity index (χ3v) is 5.39. The standard InChI is InChI=1S/C25H23FNO2P/c1-16-13-25(27-24-10-8-20(30)15-22(16)24)18-5-9-21(23(26)14-18)17-3-6-19(7-4-17)29-12-11-28-2/h3-10,13-15H,11-12,30H2,1-2H3. The van der Waals surface area contributed by atoms with E-state index >= 15 is 0 Å². The normalized spacial score (nSPS) is 11.1. The molecule has 30 heavy (non-hydrogen) atoms. The van der Waals surface area contributed by atoms with Crippen molar-refractivity contribution in [3.8, 4) is 28.1 Å². The van der Waals surface area contributed by atoms with Gasteiger partial charge in [0.2, 0.25) is 0 Å². The molecule has 0 spiro atoms. The molecule has 0 radical (unpaired) electrons. The fourth-order valence-corrected chi connectivity index (χ4v) is 3.70. The Balaban J connectivity index is 1.62. The van der Waals surface area contributed by atoms with Crippen LogP contribution in [0, 0.1) is 12.7 Å². The number of methoxy groups -OCH3 is 1. The molecule has 3 nitrogen and oxygen atoms in total. The van der Waals surface area contributed by atoms with Crippen molar-refractivity contribution in [3.05, 3.63) is 78.1 Å². The Kier molecular flexibility index (Phi) is 6.08. The molecule has 152 valence electrons. The highest BCUT2D eigenvalue weighted by molar-refractivity contribution is 7.27. The summed E-state index contributed by atoms with van der Waals surface area (Å²) in [4.78, 5) is 4.74. The van der Waals surface area contributed by atoms with Gasteiger partial charge in [-0.15, -0.1) is 9.24 Å². The van der Waals surface area contributed by atoms with Crippen LogP contribution >= 0.6 is 9.24 Å². The number of fused-ring (bicyclic) bond motifs is 1. The lowest BCUT2D eigenvalue weighted by molar-refractivity contribution is 0.146. The third-order valence-electron chi connectivity index (χ3n) is 5.03. The van der Waals surface area contributed by atoms with Crippen molar-refractivity contribution in [2.45, 2.75) is 6.92 Å². The monoisotopic (exact) mass is 419 g/mol. The van der Waals surface area contributed by atoms with Crippen molar-refractivity contribution in [1.82, 2.24) is 4.98 Å². The molecule has 0 saturated carbocycles. The molecule has 0 fully saturated rings. The molecule has 0 bridgehead atoms. The van der Waals surface area contributed by atoms with Gasteiger partial charge in [-0.25, -0.2) is 9.37 Å². The molecule has 0 amide bonds. The SMILES string of the molecule is COCCOc1ccc(-c2ccc(-c3cc(C)c4cc(P)ccc4n3)cc2F)cc1. The van der Waals surface area contributed by atoms with Gasteiger partial charge in [0, 0.05) is 23.6 Å². The Morgan fingerprint density at radius 1 is 0.900 bits per heavy atom. The summed E-state index contributed by atoms with van der Waals surface area (Å²) in [7, 11) is 4.34. The van der Waals surface area contributed by atoms with Gasteiger partial charge in [0.05, 0.1) is 17.8 Å². The van der Waals surface area contributed by atoms with Gasteiger partial charge in [0.25, 0.3) is 0 Å². The fraction of sp³-hybridized carbons (Fsp3) is 0.160. The molecule has 1 aromatic heterocycles. The van der Waals surface area contributed by atoms with E-state index in [1.807, 2.05) is 48.5 Å².